The quantitative estimate of drug-likeness (QED) is 0.162. The largest absolute Gasteiger partial charge is 0.497 e. The van der Waals surface area contributed by atoms with E-state index in [2.05, 4.69) is 4.57 Å². The normalized spacial score (nSPS) is 12.5. The summed E-state index contributed by atoms with van der Waals surface area (Å²) < 4.78 is 17.8. The van der Waals surface area contributed by atoms with E-state index in [9.17, 15) is 19.2 Å². The third kappa shape index (κ3) is 5.18. The van der Waals surface area contributed by atoms with Crippen LogP contribution in [0.2, 0.25) is 0 Å². The Morgan fingerprint density at radius 2 is 1.68 bits per heavy atom. The van der Waals surface area contributed by atoms with E-state index in [0.29, 0.717) is 17.9 Å². The van der Waals surface area contributed by atoms with Crippen LogP contribution in [0, 0.1) is 13.8 Å². The Bertz CT molecular complexity index is 1600. The molecule has 2 aromatic carbocycles. The molecular formula is C31H28N2O7. The van der Waals surface area contributed by atoms with Crippen molar-refractivity contribution in [1.82, 2.24) is 9.47 Å². The van der Waals surface area contributed by atoms with Crippen molar-refractivity contribution in [2.75, 3.05) is 13.7 Å². The first kappa shape index (κ1) is 26.7. The van der Waals surface area contributed by atoms with E-state index in [0.717, 1.165) is 34.0 Å². The predicted molar refractivity (Wildman–Crippen MR) is 145 cm³/mol. The molecule has 0 spiro atoms. The van der Waals surface area contributed by atoms with E-state index in [1.807, 2.05) is 38.1 Å². The number of aromatic nitrogens is 1. The highest BCUT2D eigenvalue weighted by molar-refractivity contribution is 6.21. The summed E-state index contributed by atoms with van der Waals surface area (Å²) in [5.41, 5.74) is 3.76. The molecule has 0 bridgehead atoms. The first-order chi connectivity index (χ1) is 19.3. The molecule has 0 radical (unpaired) electrons. The molecule has 1 aliphatic heterocycles. The number of hydrogen-bond donors (Lipinski definition) is 0. The van der Waals surface area contributed by atoms with Crippen molar-refractivity contribution >= 4 is 23.6 Å². The smallest absolute Gasteiger partial charge is 0.338 e. The SMILES string of the molecule is COc1ccc(CCn2c(C)cc(C(=O)COC(=O)c3ccc4c(c3)C(=O)N(Cc3ccco3)C4=O)c2C)cc1. The molecule has 0 fully saturated rings. The number of imide groups is 1. The van der Waals surface area contributed by atoms with Gasteiger partial charge in [0.2, 0.25) is 5.78 Å². The number of nitrogens with zero attached hydrogens (tertiary/aromatic N) is 2. The first-order valence-electron chi connectivity index (χ1n) is 12.8. The molecule has 40 heavy (non-hydrogen) atoms. The number of fused-ring (bicyclic) bond motifs is 1. The minimum absolute atomic E-state index is 0.00780. The van der Waals surface area contributed by atoms with Gasteiger partial charge in [-0.05, 0) is 74.4 Å². The number of carbonyl (C=O) groups is 4. The lowest BCUT2D eigenvalue weighted by molar-refractivity contribution is 0.0474. The molecule has 0 atom stereocenters. The maximum Gasteiger partial charge on any atom is 0.338 e. The Balaban J connectivity index is 1.21. The molecule has 204 valence electrons. The van der Waals surface area contributed by atoms with Crippen molar-refractivity contribution in [2.24, 2.45) is 0 Å². The second-order valence-electron chi connectivity index (χ2n) is 9.57. The van der Waals surface area contributed by atoms with Crippen molar-refractivity contribution < 1.29 is 33.1 Å². The first-order valence-corrected chi connectivity index (χ1v) is 12.8. The lowest BCUT2D eigenvalue weighted by Gasteiger charge is -2.11. The van der Waals surface area contributed by atoms with Gasteiger partial charge < -0.3 is 18.5 Å². The highest BCUT2D eigenvalue weighted by Crippen LogP contribution is 2.26. The van der Waals surface area contributed by atoms with Crippen LogP contribution in [0.5, 0.6) is 5.75 Å². The van der Waals surface area contributed by atoms with E-state index in [1.54, 1.807) is 25.3 Å². The number of aryl methyl sites for hydroxylation is 2. The van der Waals surface area contributed by atoms with Crippen LogP contribution in [0.25, 0.3) is 0 Å². The van der Waals surface area contributed by atoms with Gasteiger partial charge in [-0.1, -0.05) is 12.1 Å². The predicted octanol–water partition coefficient (Wildman–Crippen LogP) is 4.79. The lowest BCUT2D eigenvalue weighted by Crippen LogP contribution is -2.28. The summed E-state index contributed by atoms with van der Waals surface area (Å²) >= 11 is 0. The summed E-state index contributed by atoms with van der Waals surface area (Å²) in [6.45, 7) is 4.04. The summed E-state index contributed by atoms with van der Waals surface area (Å²) in [5, 5.41) is 0. The molecule has 0 saturated carbocycles. The minimum atomic E-state index is -0.755. The van der Waals surface area contributed by atoms with Gasteiger partial charge in [-0.25, -0.2) is 4.79 Å². The molecule has 4 aromatic rings. The van der Waals surface area contributed by atoms with E-state index in [4.69, 9.17) is 13.9 Å². The zero-order valence-corrected chi connectivity index (χ0v) is 22.4. The summed E-state index contributed by atoms with van der Waals surface area (Å²) in [7, 11) is 1.63. The second-order valence-corrected chi connectivity index (χ2v) is 9.57. The molecule has 1 aliphatic rings. The van der Waals surface area contributed by atoms with Gasteiger partial charge in [0, 0.05) is 23.5 Å². The molecule has 2 aromatic heterocycles. The van der Waals surface area contributed by atoms with Gasteiger partial charge in [-0.2, -0.15) is 0 Å². The summed E-state index contributed by atoms with van der Waals surface area (Å²) in [6, 6.07) is 17.2. The van der Waals surface area contributed by atoms with Gasteiger partial charge in [0.15, 0.2) is 6.61 Å². The zero-order valence-electron chi connectivity index (χ0n) is 22.4. The summed E-state index contributed by atoms with van der Waals surface area (Å²) in [5.74, 6) is -0.805. The van der Waals surface area contributed by atoms with Crippen molar-refractivity contribution in [3.63, 3.8) is 0 Å². The molecule has 2 amide bonds. The number of methoxy groups -OCH3 is 1. The summed E-state index contributed by atoms with van der Waals surface area (Å²) in [4.78, 5) is 52.3. The Kier molecular flexibility index (Phi) is 7.37. The fourth-order valence-electron chi connectivity index (χ4n) is 4.87. The zero-order chi connectivity index (χ0) is 28.4. The maximum absolute atomic E-state index is 13.0. The molecule has 0 unspecified atom stereocenters. The third-order valence-corrected chi connectivity index (χ3v) is 7.09. The molecule has 5 rings (SSSR count). The number of esters is 1. The van der Waals surface area contributed by atoms with Crippen LogP contribution in [0.15, 0.2) is 71.3 Å². The van der Waals surface area contributed by atoms with Crippen LogP contribution in [0.1, 0.15) is 64.1 Å². The average Bonchev–Trinajstić information content (AvgIpc) is 3.65. The van der Waals surface area contributed by atoms with Gasteiger partial charge in [-0.15, -0.1) is 0 Å². The van der Waals surface area contributed by atoms with Crippen LogP contribution in [-0.4, -0.2) is 46.8 Å². The van der Waals surface area contributed by atoms with Crippen molar-refractivity contribution in [1.29, 1.82) is 0 Å². The standard InChI is InChI=1S/C31H28N2O7/c1-19-15-26(20(2)32(19)13-12-21-6-9-23(38-3)10-7-21)28(34)18-40-31(37)22-8-11-25-27(16-22)30(36)33(29(25)35)17-24-5-4-14-39-24/h4-11,14-16H,12-13,17-18H2,1-3H3. The Hall–Kier alpha value is -4.92. The molecule has 0 aliphatic carbocycles. The van der Waals surface area contributed by atoms with E-state index in [-0.39, 0.29) is 29.0 Å². The van der Waals surface area contributed by atoms with Crippen molar-refractivity contribution in [2.45, 2.75) is 33.4 Å². The van der Waals surface area contributed by atoms with Crippen molar-refractivity contribution in [3.8, 4) is 5.75 Å². The van der Waals surface area contributed by atoms with Gasteiger partial charge >= 0.3 is 5.97 Å². The van der Waals surface area contributed by atoms with Gasteiger partial charge in [-0.3, -0.25) is 19.3 Å². The fourth-order valence-corrected chi connectivity index (χ4v) is 4.87. The molecule has 9 nitrogen and oxygen atoms in total. The summed E-state index contributed by atoms with van der Waals surface area (Å²) in [6.07, 6.45) is 2.24. The molecular weight excluding hydrogens is 512 g/mol. The molecule has 3 heterocycles. The average molecular weight is 541 g/mol. The highest BCUT2D eigenvalue weighted by atomic mass is 16.5. The number of rotatable bonds is 10. The van der Waals surface area contributed by atoms with E-state index >= 15 is 0 Å². The third-order valence-electron chi connectivity index (χ3n) is 7.09. The Morgan fingerprint density at radius 3 is 2.38 bits per heavy atom. The van der Waals surface area contributed by atoms with Gasteiger partial charge in [0.05, 0.1) is 36.6 Å². The number of ether oxygens (including phenoxy) is 2. The van der Waals surface area contributed by atoms with E-state index < -0.39 is 24.4 Å². The molecule has 0 N–H and O–H groups in total. The number of ketones is 1. The lowest BCUT2D eigenvalue weighted by atomic mass is 10.1. The number of benzene rings is 2. The molecule has 0 saturated heterocycles. The van der Waals surface area contributed by atoms with Crippen molar-refractivity contribution in [3.05, 3.63) is 112 Å². The van der Waals surface area contributed by atoms with E-state index in [1.165, 1.54) is 24.5 Å². The number of amides is 2. The number of hydrogen-bond acceptors (Lipinski definition) is 7. The number of carbonyl (C=O) groups excluding carboxylic acids is 4. The second kappa shape index (κ2) is 11.1. The van der Waals surface area contributed by atoms with Gasteiger partial charge in [0.25, 0.3) is 11.8 Å². The monoisotopic (exact) mass is 540 g/mol. The van der Waals surface area contributed by atoms with Crippen LogP contribution < -0.4 is 4.74 Å². The maximum atomic E-state index is 13.0. The van der Waals surface area contributed by atoms with Crippen LogP contribution in [-0.2, 0) is 24.2 Å². The Morgan fingerprint density at radius 1 is 0.925 bits per heavy atom. The van der Waals surface area contributed by atoms with Gasteiger partial charge in [0.1, 0.15) is 11.5 Å². The fraction of sp³-hybridized carbons (Fsp3) is 0.226. The number of furan rings is 1. The van der Waals surface area contributed by atoms with Crippen LogP contribution >= 0.6 is 0 Å². The number of Topliss-reactive ketones (excluding diaryl/α,β-unsaturated/α-hetero) is 1. The van der Waals surface area contributed by atoms with Crippen LogP contribution in [0.3, 0.4) is 0 Å². The van der Waals surface area contributed by atoms with Crippen LogP contribution in [0.4, 0.5) is 0 Å². The molecule has 9 heteroatoms. The topological polar surface area (TPSA) is 108 Å². The Labute approximate surface area is 230 Å². The minimum Gasteiger partial charge on any atom is -0.497 e. The highest BCUT2D eigenvalue weighted by Gasteiger charge is 2.36.